The van der Waals surface area contributed by atoms with Crippen molar-refractivity contribution in [2.24, 2.45) is 0 Å². The first-order valence-corrected chi connectivity index (χ1v) is 8.42. The Morgan fingerprint density at radius 1 is 1.26 bits per heavy atom. The minimum absolute atomic E-state index is 0.268. The highest BCUT2D eigenvalue weighted by atomic mass is 16.3. The van der Waals surface area contributed by atoms with Crippen molar-refractivity contribution in [1.82, 2.24) is 15.2 Å². The van der Waals surface area contributed by atoms with Crippen LogP contribution in [0.25, 0.3) is 11.5 Å². The fourth-order valence-corrected chi connectivity index (χ4v) is 3.10. The minimum Gasteiger partial charge on any atom is -0.444 e. The van der Waals surface area contributed by atoms with Gasteiger partial charge in [0.25, 0.3) is 0 Å². The van der Waals surface area contributed by atoms with Crippen LogP contribution in [0.2, 0.25) is 0 Å². The Labute approximate surface area is 137 Å². The highest BCUT2D eigenvalue weighted by Gasteiger charge is 2.20. The highest BCUT2D eigenvalue weighted by molar-refractivity contribution is 5.52. The van der Waals surface area contributed by atoms with Gasteiger partial charge in [-0.15, -0.1) is 0 Å². The molecule has 0 bridgehead atoms. The van der Waals surface area contributed by atoms with Crippen LogP contribution in [-0.2, 0) is 6.54 Å². The van der Waals surface area contributed by atoms with Gasteiger partial charge in [-0.05, 0) is 31.5 Å². The second kappa shape index (κ2) is 8.24. The summed E-state index contributed by atoms with van der Waals surface area (Å²) in [7, 11) is 0. The first-order chi connectivity index (χ1) is 11.4. The van der Waals surface area contributed by atoms with E-state index < -0.39 is 0 Å². The molecule has 3 rings (SSSR count). The molecule has 2 heterocycles. The van der Waals surface area contributed by atoms with E-state index in [4.69, 9.17) is 4.42 Å². The zero-order valence-corrected chi connectivity index (χ0v) is 13.4. The molecule has 0 spiro atoms. The van der Waals surface area contributed by atoms with Gasteiger partial charge in [-0.1, -0.05) is 24.6 Å². The van der Waals surface area contributed by atoms with Crippen molar-refractivity contribution in [2.75, 3.05) is 26.2 Å². The molecular formula is C18H25N3O2. The molecule has 0 amide bonds. The molecule has 1 aromatic heterocycles. The number of aromatic nitrogens is 1. The van der Waals surface area contributed by atoms with Crippen molar-refractivity contribution in [3.8, 4) is 11.5 Å². The maximum Gasteiger partial charge on any atom is 0.226 e. The number of nitrogens with one attached hydrogen (secondary N) is 1. The molecule has 1 saturated heterocycles. The van der Waals surface area contributed by atoms with Crippen molar-refractivity contribution in [3.63, 3.8) is 0 Å². The zero-order chi connectivity index (χ0) is 15.9. The number of hydrogen-bond acceptors (Lipinski definition) is 5. The zero-order valence-electron chi connectivity index (χ0n) is 13.4. The standard InChI is InChI=1S/C18H25N3O2/c22-13-17-8-4-5-10-21(17)11-9-19-12-16-14-23-18(20-16)15-6-2-1-3-7-15/h1-3,6-7,14,17,19,22H,4-5,8-13H2/t17-/m1/s1. The SMILES string of the molecule is OC[C@H]1CCCCN1CCNCc1coc(-c2ccccc2)n1. The largest absolute Gasteiger partial charge is 0.444 e. The molecule has 5 heteroatoms. The van der Waals surface area contributed by atoms with Gasteiger partial charge in [-0.25, -0.2) is 4.98 Å². The van der Waals surface area contributed by atoms with Crippen LogP contribution in [0, 0.1) is 0 Å². The smallest absolute Gasteiger partial charge is 0.226 e. The van der Waals surface area contributed by atoms with E-state index in [9.17, 15) is 5.11 Å². The van der Waals surface area contributed by atoms with Gasteiger partial charge in [0.05, 0.1) is 12.3 Å². The van der Waals surface area contributed by atoms with Gasteiger partial charge in [-0.2, -0.15) is 0 Å². The van der Waals surface area contributed by atoms with Crippen molar-refractivity contribution in [2.45, 2.75) is 31.8 Å². The molecule has 1 atom stereocenters. The molecule has 2 aromatic rings. The van der Waals surface area contributed by atoms with Crippen molar-refractivity contribution in [3.05, 3.63) is 42.3 Å². The summed E-state index contributed by atoms with van der Waals surface area (Å²) in [5.41, 5.74) is 1.92. The van der Waals surface area contributed by atoms with Gasteiger partial charge in [0.1, 0.15) is 6.26 Å². The number of oxazole rings is 1. The molecule has 1 aliphatic rings. The van der Waals surface area contributed by atoms with E-state index in [0.29, 0.717) is 18.5 Å². The topological polar surface area (TPSA) is 61.5 Å². The van der Waals surface area contributed by atoms with E-state index in [1.54, 1.807) is 6.26 Å². The molecule has 0 unspecified atom stereocenters. The average molecular weight is 315 g/mol. The maximum atomic E-state index is 9.42. The normalized spacial score (nSPS) is 19.1. The molecule has 0 saturated carbocycles. The third-order valence-corrected chi connectivity index (χ3v) is 4.41. The van der Waals surface area contributed by atoms with E-state index in [1.807, 2.05) is 30.3 Å². The van der Waals surface area contributed by atoms with E-state index >= 15 is 0 Å². The molecule has 124 valence electrons. The van der Waals surface area contributed by atoms with Crippen molar-refractivity contribution < 1.29 is 9.52 Å². The van der Waals surface area contributed by atoms with E-state index in [0.717, 1.165) is 37.3 Å². The quantitative estimate of drug-likeness (QED) is 0.768. The fraction of sp³-hybridized carbons (Fsp3) is 0.500. The highest BCUT2D eigenvalue weighted by Crippen LogP contribution is 2.18. The van der Waals surface area contributed by atoms with Crippen LogP contribution in [0.3, 0.4) is 0 Å². The number of likely N-dealkylation sites (tertiary alicyclic amines) is 1. The van der Waals surface area contributed by atoms with E-state index in [-0.39, 0.29) is 6.61 Å². The number of aliphatic hydroxyl groups excluding tert-OH is 1. The Balaban J connectivity index is 1.43. The Bertz CT molecular complexity index is 585. The molecule has 5 nitrogen and oxygen atoms in total. The number of benzene rings is 1. The van der Waals surface area contributed by atoms with Crippen LogP contribution in [0.1, 0.15) is 25.0 Å². The van der Waals surface area contributed by atoms with Crippen LogP contribution in [0.5, 0.6) is 0 Å². The van der Waals surface area contributed by atoms with Crippen LogP contribution < -0.4 is 5.32 Å². The summed E-state index contributed by atoms with van der Waals surface area (Å²) in [4.78, 5) is 6.90. The molecule has 1 fully saturated rings. The summed E-state index contributed by atoms with van der Waals surface area (Å²) in [5, 5.41) is 12.8. The second-order valence-electron chi connectivity index (χ2n) is 6.05. The Morgan fingerprint density at radius 2 is 2.13 bits per heavy atom. The summed E-state index contributed by atoms with van der Waals surface area (Å²) in [6.45, 7) is 3.92. The van der Waals surface area contributed by atoms with Gasteiger partial charge in [-0.3, -0.25) is 4.90 Å². The molecular weight excluding hydrogens is 290 g/mol. The number of rotatable bonds is 7. The maximum absolute atomic E-state index is 9.42. The third-order valence-electron chi connectivity index (χ3n) is 4.41. The van der Waals surface area contributed by atoms with Gasteiger partial charge >= 0.3 is 0 Å². The average Bonchev–Trinajstić information content (AvgIpc) is 3.09. The number of aliphatic hydroxyl groups is 1. The van der Waals surface area contributed by atoms with Crippen LogP contribution in [0.15, 0.2) is 41.0 Å². The lowest BCUT2D eigenvalue weighted by Gasteiger charge is -2.34. The predicted octanol–water partition coefficient (Wildman–Crippen LogP) is 2.28. The van der Waals surface area contributed by atoms with Gasteiger partial charge in [0.2, 0.25) is 5.89 Å². The number of hydrogen-bond donors (Lipinski definition) is 2. The molecule has 23 heavy (non-hydrogen) atoms. The lowest BCUT2D eigenvalue weighted by molar-refractivity contribution is 0.0910. The van der Waals surface area contributed by atoms with Crippen LogP contribution in [0.4, 0.5) is 0 Å². The van der Waals surface area contributed by atoms with Crippen LogP contribution >= 0.6 is 0 Å². The van der Waals surface area contributed by atoms with Crippen molar-refractivity contribution in [1.29, 1.82) is 0 Å². The molecule has 0 radical (unpaired) electrons. The van der Waals surface area contributed by atoms with Gasteiger partial charge in [0.15, 0.2) is 0 Å². The van der Waals surface area contributed by atoms with Gasteiger partial charge in [0, 0.05) is 31.2 Å². The number of piperidine rings is 1. The molecule has 0 aliphatic carbocycles. The Hall–Kier alpha value is -1.69. The lowest BCUT2D eigenvalue weighted by atomic mass is 10.0. The van der Waals surface area contributed by atoms with Crippen LogP contribution in [-0.4, -0.2) is 47.3 Å². The summed E-state index contributed by atoms with van der Waals surface area (Å²) >= 11 is 0. The minimum atomic E-state index is 0.268. The number of nitrogens with zero attached hydrogens (tertiary/aromatic N) is 2. The first-order valence-electron chi connectivity index (χ1n) is 8.42. The Morgan fingerprint density at radius 3 is 2.96 bits per heavy atom. The summed E-state index contributed by atoms with van der Waals surface area (Å²) in [6, 6.07) is 10.3. The summed E-state index contributed by atoms with van der Waals surface area (Å²) in [6.07, 6.45) is 5.30. The monoisotopic (exact) mass is 315 g/mol. The predicted molar refractivity (Wildman–Crippen MR) is 89.9 cm³/mol. The molecule has 1 aromatic carbocycles. The lowest BCUT2D eigenvalue weighted by Crippen LogP contribution is -2.44. The summed E-state index contributed by atoms with van der Waals surface area (Å²) in [5.74, 6) is 0.666. The van der Waals surface area contributed by atoms with Crippen molar-refractivity contribution >= 4 is 0 Å². The molecule has 2 N–H and O–H groups in total. The summed E-state index contributed by atoms with van der Waals surface area (Å²) < 4.78 is 5.54. The Kier molecular flexibility index (Phi) is 5.80. The van der Waals surface area contributed by atoms with E-state index in [1.165, 1.54) is 12.8 Å². The fourth-order valence-electron chi connectivity index (χ4n) is 3.10. The third kappa shape index (κ3) is 4.41. The molecule has 1 aliphatic heterocycles. The van der Waals surface area contributed by atoms with E-state index in [2.05, 4.69) is 15.2 Å². The second-order valence-corrected chi connectivity index (χ2v) is 6.05. The van der Waals surface area contributed by atoms with Gasteiger partial charge < -0.3 is 14.8 Å². The first kappa shape index (κ1) is 16.2.